The molecule has 0 bridgehead atoms. The van der Waals surface area contributed by atoms with E-state index in [1.165, 1.54) is 44.1 Å². The van der Waals surface area contributed by atoms with Crippen molar-refractivity contribution in [3.05, 3.63) is 29.8 Å². The second kappa shape index (κ2) is 9.75. The second-order valence-corrected chi connectivity index (χ2v) is 7.18. The average Bonchev–Trinajstić information content (AvgIpc) is 2.55. The lowest BCUT2D eigenvalue weighted by molar-refractivity contribution is -0.144. The van der Waals surface area contributed by atoms with E-state index in [2.05, 4.69) is 26.0 Å². The van der Waals surface area contributed by atoms with E-state index in [1.54, 1.807) is 0 Å². The Morgan fingerprint density at radius 1 is 1.00 bits per heavy atom. The summed E-state index contributed by atoms with van der Waals surface area (Å²) in [5.41, 5.74) is 0.946. The lowest BCUT2D eigenvalue weighted by Crippen LogP contribution is -2.28. The van der Waals surface area contributed by atoms with Gasteiger partial charge in [0.05, 0.1) is 5.41 Å². The molecule has 130 valence electrons. The summed E-state index contributed by atoms with van der Waals surface area (Å²) in [6, 6.07) is 8.16. The van der Waals surface area contributed by atoms with E-state index < -0.39 is 5.41 Å². The molecular weight excluding hydrogens is 284 g/mol. The molecule has 1 aromatic carbocycles. The number of esters is 1. The number of unbranched alkanes of at least 4 members (excludes halogenated alkanes) is 2. The Labute approximate surface area is 142 Å². The van der Waals surface area contributed by atoms with Crippen LogP contribution in [-0.4, -0.2) is 5.97 Å². The third-order valence-electron chi connectivity index (χ3n) is 4.79. The van der Waals surface area contributed by atoms with Gasteiger partial charge in [0, 0.05) is 0 Å². The monoisotopic (exact) mass is 318 g/mol. The van der Waals surface area contributed by atoms with Crippen LogP contribution < -0.4 is 4.74 Å². The number of carbonyl (C=O) groups is 1. The van der Waals surface area contributed by atoms with Crippen molar-refractivity contribution in [2.75, 3.05) is 0 Å². The standard InChI is InChI=1S/C21H34O2/c1-6-9-10-12-17(11-7-2)18-13-15-19(16-14-18)23-20(22)21(4,5)8-3/h13-17H,6-12H2,1-5H3. The first-order valence-electron chi connectivity index (χ1n) is 9.26. The van der Waals surface area contributed by atoms with Crippen molar-refractivity contribution in [2.24, 2.45) is 5.41 Å². The molecule has 0 fully saturated rings. The smallest absolute Gasteiger partial charge is 0.316 e. The lowest BCUT2D eigenvalue weighted by Gasteiger charge is -2.21. The molecule has 0 aromatic heterocycles. The van der Waals surface area contributed by atoms with Crippen molar-refractivity contribution in [2.45, 2.75) is 85.5 Å². The predicted molar refractivity (Wildman–Crippen MR) is 97.9 cm³/mol. The molecule has 1 unspecified atom stereocenters. The molecule has 0 amide bonds. The van der Waals surface area contributed by atoms with Gasteiger partial charge >= 0.3 is 5.97 Å². The summed E-state index contributed by atoms with van der Waals surface area (Å²) >= 11 is 0. The zero-order valence-corrected chi connectivity index (χ0v) is 15.7. The van der Waals surface area contributed by atoms with Gasteiger partial charge in [0.2, 0.25) is 0 Å². The molecule has 23 heavy (non-hydrogen) atoms. The van der Waals surface area contributed by atoms with Crippen LogP contribution in [0.2, 0.25) is 0 Å². The zero-order valence-electron chi connectivity index (χ0n) is 15.7. The van der Waals surface area contributed by atoms with Crippen LogP contribution in [0.3, 0.4) is 0 Å². The van der Waals surface area contributed by atoms with Crippen molar-refractivity contribution >= 4 is 5.97 Å². The van der Waals surface area contributed by atoms with Crippen LogP contribution in [0, 0.1) is 5.41 Å². The lowest BCUT2D eigenvalue weighted by atomic mass is 9.89. The first-order valence-corrected chi connectivity index (χ1v) is 9.26. The molecule has 0 aliphatic heterocycles. The first-order chi connectivity index (χ1) is 10.9. The number of hydrogen-bond acceptors (Lipinski definition) is 2. The molecule has 0 aliphatic rings. The summed E-state index contributed by atoms with van der Waals surface area (Å²) in [6.45, 7) is 10.4. The van der Waals surface area contributed by atoms with Gasteiger partial charge in [-0.25, -0.2) is 0 Å². The molecule has 0 saturated carbocycles. The van der Waals surface area contributed by atoms with E-state index in [9.17, 15) is 4.79 Å². The fraction of sp³-hybridized carbons (Fsp3) is 0.667. The highest BCUT2D eigenvalue weighted by molar-refractivity contribution is 5.78. The second-order valence-electron chi connectivity index (χ2n) is 7.18. The number of ether oxygens (including phenoxy) is 1. The van der Waals surface area contributed by atoms with Crippen molar-refractivity contribution in [1.82, 2.24) is 0 Å². The number of hydrogen-bond donors (Lipinski definition) is 0. The maximum Gasteiger partial charge on any atom is 0.316 e. The largest absolute Gasteiger partial charge is 0.426 e. The van der Waals surface area contributed by atoms with Gasteiger partial charge in [-0.3, -0.25) is 4.79 Å². The van der Waals surface area contributed by atoms with Crippen molar-refractivity contribution in [3.63, 3.8) is 0 Å². The minimum atomic E-state index is -0.427. The van der Waals surface area contributed by atoms with Crippen molar-refractivity contribution < 1.29 is 9.53 Å². The molecule has 2 heteroatoms. The Bertz CT molecular complexity index is 459. The normalized spacial score (nSPS) is 12.9. The average molecular weight is 319 g/mol. The fourth-order valence-electron chi connectivity index (χ4n) is 2.66. The SMILES string of the molecule is CCCCCC(CCC)c1ccc(OC(=O)C(C)(C)CC)cc1. The Morgan fingerprint density at radius 3 is 2.17 bits per heavy atom. The van der Waals surface area contributed by atoms with Crippen LogP contribution in [0.1, 0.15) is 91.0 Å². The maximum absolute atomic E-state index is 12.1. The molecule has 0 N–H and O–H groups in total. The first kappa shape index (κ1) is 19.7. The predicted octanol–water partition coefficient (Wildman–Crippen LogP) is 6.49. The van der Waals surface area contributed by atoms with Crippen LogP contribution in [-0.2, 0) is 4.79 Å². The van der Waals surface area contributed by atoms with E-state index in [0.717, 1.165) is 6.42 Å². The van der Waals surface area contributed by atoms with Gasteiger partial charge in [-0.15, -0.1) is 0 Å². The summed E-state index contributed by atoms with van der Waals surface area (Å²) < 4.78 is 5.52. The third-order valence-corrected chi connectivity index (χ3v) is 4.79. The number of carbonyl (C=O) groups excluding carboxylic acids is 1. The van der Waals surface area contributed by atoms with Gasteiger partial charge < -0.3 is 4.74 Å². The van der Waals surface area contributed by atoms with E-state index >= 15 is 0 Å². The molecular formula is C21H34O2. The molecule has 1 aromatic rings. The summed E-state index contributed by atoms with van der Waals surface area (Å²) in [7, 11) is 0. The molecule has 0 radical (unpaired) electrons. The summed E-state index contributed by atoms with van der Waals surface area (Å²) in [6.07, 6.45) is 8.33. The van der Waals surface area contributed by atoms with Crippen LogP contribution in [0.15, 0.2) is 24.3 Å². The number of benzene rings is 1. The Balaban J connectivity index is 2.71. The van der Waals surface area contributed by atoms with Gasteiger partial charge in [0.25, 0.3) is 0 Å². The van der Waals surface area contributed by atoms with E-state index in [4.69, 9.17) is 4.74 Å². The fourth-order valence-corrected chi connectivity index (χ4v) is 2.66. The van der Waals surface area contributed by atoms with Gasteiger partial charge in [-0.2, -0.15) is 0 Å². The van der Waals surface area contributed by atoms with Gasteiger partial charge in [0.15, 0.2) is 0 Å². The zero-order chi connectivity index (χ0) is 17.3. The quantitative estimate of drug-likeness (QED) is 0.280. The summed E-state index contributed by atoms with van der Waals surface area (Å²) in [4.78, 5) is 12.1. The molecule has 2 nitrogen and oxygen atoms in total. The van der Waals surface area contributed by atoms with Crippen LogP contribution in [0.5, 0.6) is 5.75 Å². The van der Waals surface area contributed by atoms with Crippen molar-refractivity contribution in [3.8, 4) is 5.75 Å². The minimum Gasteiger partial charge on any atom is -0.426 e. The van der Waals surface area contributed by atoms with Gasteiger partial charge in [-0.1, -0.05) is 58.6 Å². The van der Waals surface area contributed by atoms with Gasteiger partial charge in [-0.05, 0) is 56.7 Å². The van der Waals surface area contributed by atoms with E-state index in [1.807, 2.05) is 32.9 Å². The Kier molecular flexibility index (Phi) is 8.36. The molecule has 1 rings (SSSR count). The van der Waals surface area contributed by atoms with Crippen LogP contribution in [0.25, 0.3) is 0 Å². The highest BCUT2D eigenvalue weighted by Gasteiger charge is 2.27. The Hall–Kier alpha value is -1.31. The van der Waals surface area contributed by atoms with Crippen molar-refractivity contribution in [1.29, 1.82) is 0 Å². The third kappa shape index (κ3) is 6.37. The summed E-state index contributed by atoms with van der Waals surface area (Å²) in [5.74, 6) is 1.13. The van der Waals surface area contributed by atoms with E-state index in [-0.39, 0.29) is 5.97 Å². The molecule has 0 heterocycles. The molecule has 1 atom stereocenters. The topological polar surface area (TPSA) is 26.3 Å². The minimum absolute atomic E-state index is 0.152. The number of rotatable bonds is 10. The molecule has 0 aliphatic carbocycles. The molecule has 0 spiro atoms. The highest BCUT2D eigenvalue weighted by Crippen LogP contribution is 2.29. The highest BCUT2D eigenvalue weighted by atomic mass is 16.5. The summed E-state index contributed by atoms with van der Waals surface area (Å²) in [5, 5.41) is 0. The van der Waals surface area contributed by atoms with Crippen LogP contribution in [0.4, 0.5) is 0 Å². The van der Waals surface area contributed by atoms with Gasteiger partial charge in [0.1, 0.15) is 5.75 Å². The Morgan fingerprint density at radius 2 is 1.65 bits per heavy atom. The molecule has 0 saturated heterocycles. The maximum atomic E-state index is 12.1. The van der Waals surface area contributed by atoms with Crippen LogP contribution >= 0.6 is 0 Å². The van der Waals surface area contributed by atoms with E-state index in [0.29, 0.717) is 11.7 Å².